The average molecular weight is 288 g/mol. The van der Waals surface area contributed by atoms with Crippen LogP contribution in [-0.4, -0.2) is 32.1 Å². The van der Waals surface area contributed by atoms with E-state index < -0.39 is 0 Å². The fourth-order valence-corrected chi connectivity index (χ4v) is 3.33. The summed E-state index contributed by atoms with van der Waals surface area (Å²) in [6, 6.07) is 10.1. The normalized spacial score (nSPS) is 23.0. The predicted molar refractivity (Wildman–Crippen MR) is 81.8 cm³/mol. The molecule has 114 valence electrons. The van der Waals surface area contributed by atoms with E-state index >= 15 is 0 Å². The molecule has 0 aromatic heterocycles. The minimum atomic E-state index is 0.222. The van der Waals surface area contributed by atoms with Gasteiger partial charge < -0.3 is 15.4 Å². The number of carbonyl (C=O) groups excluding carboxylic acids is 1. The van der Waals surface area contributed by atoms with Crippen molar-refractivity contribution in [2.75, 3.05) is 26.2 Å². The standard InChI is InChI=1S/C17H24N2O2/c20-16(15-12-17(15)6-8-18-9-7-17)19-10-11-21-13-14-4-2-1-3-5-14/h1-5,15,18H,6-13H2,(H,19,20)/t15-/m1/s1. The van der Waals surface area contributed by atoms with E-state index in [4.69, 9.17) is 4.74 Å². The molecule has 4 heteroatoms. The molecule has 1 atom stereocenters. The molecule has 1 spiro atoms. The Morgan fingerprint density at radius 1 is 1.29 bits per heavy atom. The van der Waals surface area contributed by atoms with E-state index in [1.165, 1.54) is 5.56 Å². The van der Waals surface area contributed by atoms with Gasteiger partial charge in [-0.1, -0.05) is 30.3 Å². The van der Waals surface area contributed by atoms with Crippen LogP contribution in [0, 0.1) is 11.3 Å². The lowest BCUT2D eigenvalue weighted by Gasteiger charge is -2.23. The van der Waals surface area contributed by atoms with Gasteiger partial charge in [0.15, 0.2) is 0 Å². The third-order valence-corrected chi connectivity index (χ3v) is 4.76. The van der Waals surface area contributed by atoms with Crippen molar-refractivity contribution in [3.8, 4) is 0 Å². The van der Waals surface area contributed by atoms with Gasteiger partial charge in [0.25, 0.3) is 0 Å². The Kier molecular flexibility index (Phi) is 4.56. The molecule has 3 rings (SSSR count). The summed E-state index contributed by atoms with van der Waals surface area (Å²) in [6.45, 7) is 3.90. The quantitative estimate of drug-likeness (QED) is 0.784. The largest absolute Gasteiger partial charge is 0.375 e. The van der Waals surface area contributed by atoms with Crippen molar-refractivity contribution in [2.45, 2.75) is 25.9 Å². The molecule has 0 bridgehead atoms. The van der Waals surface area contributed by atoms with Crippen LogP contribution in [0.3, 0.4) is 0 Å². The third kappa shape index (κ3) is 3.63. The van der Waals surface area contributed by atoms with Gasteiger partial charge in [-0.3, -0.25) is 4.79 Å². The van der Waals surface area contributed by atoms with Gasteiger partial charge in [-0.2, -0.15) is 0 Å². The molecule has 1 aromatic rings. The summed E-state index contributed by atoms with van der Waals surface area (Å²) < 4.78 is 5.58. The molecule has 21 heavy (non-hydrogen) atoms. The Balaban J connectivity index is 1.30. The molecule has 1 saturated carbocycles. The lowest BCUT2D eigenvalue weighted by Crippen LogP contribution is -2.34. The van der Waals surface area contributed by atoms with Crippen molar-refractivity contribution in [3.05, 3.63) is 35.9 Å². The SMILES string of the molecule is O=C(NCCOCc1ccccc1)[C@H]1CC12CCNCC2. The van der Waals surface area contributed by atoms with Gasteiger partial charge in [0.2, 0.25) is 5.91 Å². The molecule has 1 amide bonds. The summed E-state index contributed by atoms with van der Waals surface area (Å²) in [4.78, 5) is 12.1. The number of ether oxygens (including phenoxy) is 1. The van der Waals surface area contributed by atoms with Crippen LogP contribution in [0.25, 0.3) is 0 Å². The molecule has 2 N–H and O–H groups in total. The summed E-state index contributed by atoms with van der Waals surface area (Å²) >= 11 is 0. The van der Waals surface area contributed by atoms with E-state index in [0.29, 0.717) is 25.2 Å². The first-order valence-electron chi connectivity index (χ1n) is 7.90. The van der Waals surface area contributed by atoms with Crippen LogP contribution in [0.15, 0.2) is 30.3 Å². The highest BCUT2D eigenvalue weighted by Gasteiger charge is 2.57. The van der Waals surface area contributed by atoms with Crippen molar-refractivity contribution in [1.82, 2.24) is 10.6 Å². The van der Waals surface area contributed by atoms with Crippen LogP contribution in [0.1, 0.15) is 24.8 Å². The van der Waals surface area contributed by atoms with Crippen molar-refractivity contribution in [2.24, 2.45) is 11.3 Å². The Morgan fingerprint density at radius 2 is 2.05 bits per heavy atom. The second kappa shape index (κ2) is 6.58. The molecular weight excluding hydrogens is 264 g/mol. The van der Waals surface area contributed by atoms with Gasteiger partial charge in [0.1, 0.15) is 0 Å². The molecule has 2 fully saturated rings. The number of hydrogen-bond acceptors (Lipinski definition) is 3. The molecule has 0 unspecified atom stereocenters. The smallest absolute Gasteiger partial charge is 0.223 e. The lowest BCUT2D eigenvalue weighted by atomic mass is 9.92. The maximum Gasteiger partial charge on any atom is 0.223 e. The van der Waals surface area contributed by atoms with Crippen LogP contribution in [0.4, 0.5) is 0 Å². The zero-order valence-corrected chi connectivity index (χ0v) is 12.4. The zero-order valence-electron chi connectivity index (χ0n) is 12.4. The molecule has 1 heterocycles. The predicted octanol–water partition coefficient (Wildman–Crippen LogP) is 1.71. The van der Waals surface area contributed by atoms with E-state index in [-0.39, 0.29) is 11.8 Å². The second-order valence-corrected chi connectivity index (χ2v) is 6.20. The molecule has 0 radical (unpaired) electrons. The monoisotopic (exact) mass is 288 g/mol. The summed E-state index contributed by atoms with van der Waals surface area (Å²) in [5.41, 5.74) is 1.49. The van der Waals surface area contributed by atoms with Gasteiger partial charge in [-0.05, 0) is 43.3 Å². The number of amides is 1. The summed E-state index contributed by atoms with van der Waals surface area (Å²) in [5.74, 6) is 0.467. The summed E-state index contributed by atoms with van der Waals surface area (Å²) in [5, 5.41) is 6.38. The van der Waals surface area contributed by atoms with Gasteiger partial charge in [0, 0.05) is 12.5 Å². The van der Waals surface area contributed by atoms with Crippen molar-refractivity contribution >= 4 is 5.91 Å². The first-order chi connectivity index (χ1) is 10.3. The van der Waals surface area contributed by atoms with E-state index in [1.54, 1.807) is 0 Å². The summed E-state index contributed by atoms with van der Waals surface area (Å²) in [6.07, 6.45) is 3.37. The first kappa shape index (κ1) is 14.5. The highest BCUT2D eigenvalue weighted by molar-refractivity contribution is 5.82. The highest BCUT2D eigenvalue weighted by atomic mass is 16.5. The van der Waals surface area contributed by atoms with E-state index in [0.717, 1.165) is 32.4 Å². The molecule has 4 nitrogen and oxygen atoms in total. The van der Waals surface area contributed by atoms with Crippen molar-refractivity contribution in [3.63, 3.8) is 0 Å². The highest BCUT2D eigenvalue weighted by Crippen LogP contribution is 2.58. The number of piperidine rings is 1. The van der Waals surface area contributed by atoms with E-state index in [1.807, 2.05) is 30.3 Å². The second-order valence-electron chi connectivity index (χ2n) is 6.20. The van der Waals surface area contributed by atoms with Crippen LogP contribution < -0.4 is 10.6 Å². The van der Waals surface area contributed by atoms with E-state index in [2.05, 4.69) is 10.6 Å². The Labute approximate surface area is 126 Å². The maximum atomic E-state index is 12.1. The van der Waals surface area contributed by atoms with Crippen molar-refractivity contribution < 1.29 is 9.53 Å². The molecule has 1 aliphatic heterocycles. The topological polar surface area (TPSA) is 50.4 Å². The molecule has 1 aromatic carbocycles. The fraction of sp³-hybridized carbons (Fsp3) is 0.588. The van der Waals surface area contributed by atoms with Gasteiger partial charge in [0.05, 0.1) is 13.2 Å². The Hall–Kier alpha value is -1.39. The lowest BCUT2D eigenvalue weighted by molar-refractivity contribution is -0.123. The van der Waals surface area contributed by atoms with Crippen LogP contribution in [-0.2, 0) is 16.1 Å². The van der Waals surface area contributed by atoms with Gasteiger partial charge in [-0.25, -0.2) is 0 Å². The number of carbonyl (C=O) groups is 1. The minimum Gasteiger partial charge on any atom is -0.375 e. The number of rotatable bonds is 6. The third-order valence-electron chi connectivity index (χ3n) is 4.76. The first-order valence-corrected chi connectivity index (χ1v) is 7.90. The fourth-order valence-electron chi connectivity index (χ4n) is 3.33. The summed E-state index contributed by atoms with van der Waals surface area (Å²) in [7, 11) is 0. The minimum absolute atomic E-state index is 0.222. The number of benzene rings is 1. The molecule has 1 saturated heterocycles. The van der Waals surface area contributed by atoms with Crippen LogP contribution >= 0.6 is 0 Å². The molecular formula is C17H24N2O2. The maximum absolute atomic E-state index is 12.1. The van der Waals surface area contributed by atoms with Crippen LogP contribution in [0.5, 0.6) is 0 Å². The Morgan fingerprint density at radius 3 is 2.81 bits per heavy atom. The molecule has 2 aliphatic rings. The Bertz CT molecular complexity index is 469. The van der Waals surface area contributed by atoms with E-state index in [9.17, 15) is 4.79 Å². The van der Waals surface area contributed by atoms with Crippen molar-refractivity contribution in [1.29, 1.82) is 0 Å². The average Bonchev–Trinajstić information content (AvgIpc) is 3.22. The van der Waals surface area contributed by atoms with Gasteiger partial charge in [-0.15, -0.1) is 0 Å². The van der Waals surface area contributed by atoms with Gasteiger partial charge >= 0.3 is 0 Å². The number of nitrogens with one attached hydrogen (secondary N) is 2. The number of hydrogen-bond donors (Lipinski definition) is 2. The van der Waals surface area contributed by atoms with Crippen LogP contribution in [0.2, 0.25) is 0 Å². The molecule has 1 aliphatic carbocycles. The zero-order chi connectivity index (χ0) is 14.5.